The molecule has 2 aromatic rings. The van der Waals surface area contributed by atoms with Crippen LogP contribution in [-0.4, -0.2) is 43.6 Å². The van der Waals surface area contributed by atoms with Crippen LogP contribution in [0.1, 0.15) is 5.56 Å². The van der Waals surface area contributed by atoms with Crippen LogP contribution in [0.25, 0.3) is 0 Å². The number of carbonyl (C=O) groups is 1. The molecule has 3 N–H and O–H groups in total. The molecule has 0 bridgehead atoms. The summed E-state index contributed by atoms with van der Waals surface area (Å²) in [4.78, 5) is 14.2. The van der Waals surface area contributed by atoms with Crippen molar-refractivity contribution in [3.05, 3.63) is 60.2 Å². The molecule has 0 saturated carbocycles. The minimum Gasteiger partial charge on any atom is -0.433 e. The Morgan fingerprint density at radius 1 is 1.07 bits per heavy atom. The van der Waals surface area contributed by atoms with Crippen LogP contribution < -0.4 is 15.8 Å². The maximum atomic E-state index is 12.5. The summed E-state index contributed by atoms with van der Waals surface area (Å²) in [5.41, 5.74) is 7.02. The number of anilines is 1. The number of nitrogens with one attached hydrogen (secondary N) is 1. The number of para-hydroxylation sites is 2. The first kappa shape index (κ1) is 22.8. The number of hydrogen-bond acceptors (Lipinski definition) is 4. The van der Waals surface area contributed by atoms with Crippen LogP contribution in [0, 0.1) is 0 Å². The third kappa shape index (κ3) is 8.34. The largest absolute Gasteiger partial charge is 0.433 e. The molecule has 0 aliphatic carbocycles. The van der Waals surface area contributed by atoms with Crippen LogP contribution >= 0.6 is 12.4 Å². The molecule has 0 unspecified atom stereocenters. The summed E-state index contributed by atoms with van der Waals surface area (Å²) >= 11 is 0. The number of amides is 1. The number of ether oxygens (including phenoxy) is 1. The number of alkyl halides is 2. The van der Waals surface area contributed by atoms with Gasteiger partial charge in [0.2, 0.25) is 5.91 Å². The topological polar surface area (TPSA) is 67.6 Å². The summed E-state index contributed by atoms with van der Waals surface area (Å²) < 4.78 is 29.3. The van der Waals surface area contributed by atoms with Crippen LogP contribution in [0.4, 0.5) is 14.5 Å². The van der Waals surface area contributed by atoms with Gasteiger partial charge in [-0.15, -0.1) is 12.4 Å². The summed E-state index contributed by atoms with van der Waals surface area (Å²) in [7, 11) is 0. The van der Waals surface area contributed by atoms with Gasteiger partial charge in [-0.2, -0.15) is 8.78 Å². The van der Waals surface area contributed by atoms with Crippen LogP contribution in [0.2, 0.25) is 0 Å². The van der Waals surface area contributed by atoms with Crippen molar-refractivity contribution in [2.24, 2.45) is 5.73 Å². The average molecular weight is 400 g/mol. The fraction of sp³-hybridized carbons (Fsp3) is 0.316. The number of benzene rings is 2. The Balaban J connectivity index is 0.00000364. The SMILES string of the molecule is Cl.NCCN(CCc1ccccc1)CC(=O)Nc1ccccc1OC(F)F. The van der Waals surface area contributed by atoms with E-state index in [1.807, 2.05) is 35.2 Å². The van der Waals surface area contributed by atoms with Gasteiger partial charge in [-0.05, 0) is 24.1 Å². The Labute approximate surface area is 163 Å². The van der Waals surface area contributed by atoms with Crippen LogP contribution in [0.3, 0.4) is 0 Å². The minimum atomic E-state index is -2.95. The molecule has 2 aromatic carbocycles. The van der Waals surface area contributed by atoms with E-state index < -0.39 is 6.61 Å². The highest BCUT2D eigenvalue weighted by atomic mass is 35.5. The maximum Gasteiger partial charge on any atom is 0.387 e. The molecule has 2 rings (SSSR count). The molecule has 148 valence electrons. The predicted octanol–water partition coefficient (Wildman–Crippen LogP) is 3.15. The van der Waals surface area contributed by atoms with Gasteiger partial charge in [0.05, 0.1) is 12.2 Å². The number of hydrogen-bond donors (Lipinski definition) is 2. The molecule has 0 spiro atoms. The minimum absolute atomic E-state index is 0. The summed E-state index contributed by atoms with van der Waals surface area (Å²) in [6, 6.07) is 16.0. The Kier molecular flexibility index (Phi) is 10.3. The van der Waals surface area contributed by atoms with Crippen LogP contribution in [0.15, 0.2) is 54.6 Å². The van der Waals surface area contributed by atoms with Gasteiger partial charge in [0, 0.05) is 19.6 Å². The first-order valence-electron chi connectivity index (χ1n) is 8.38. The van der Waals surface area contributed by atoms with E-state index in [0.717, 1.165) is 6.42 Å². The summed E-state index contributed by atoms with van der Waals surface area (Å²) in [6.45, 7) is -1.17. The monoisotopic (exact) mass is 399 g/mol. The normalized spacial score (nSPS) is 10.6. The van der Waals surface area contributed by atoms with E-state index in [9.17, 15) is 13.6 Å². The molecule has 0 saturated heterocycles. The summed E-state index contributed by atoms with van der Waals surface area (Å²) in [5.74, 6) is -0.373. The molecule has 0 aliphatic rings. The number of halogens is 3. The van der Waals surface area contributed by atoms with Crippen molar-refractivity contribution >= 4 is 24.0 Å². The zero-order valence-corrected chi connectivity index (χ0v) is 15.6. The molecule has 5 nitrogen and oxygen atoms in total. The summed E-state index contributed by atoms with van der Waals surface area (Å²) in [5, 5.41) is 2.62. The van der Waals surface area contributed by atoms with Gasteiger partial charge in [-0.25, -0.2) is 0 Å². The molecule has 0 fully saturated rings. The third-order valence-corrected chi connectivity index (χ3v) is 3.75. The Hall–Kier alpha value is -2.22. The molecule has 0 aromatic heterocycles. The second-order valence-corrected chi connectivity index (χ2v) is 5.72. The number of carbonyl (C=O) groups excluding carboxylic acids is 1. The van der Waals surface area contributed by atoms with E-state index in [1.165, 1.54) is 17.7 Å². The van der Waals surface area contributed by atoms with Crippen molar-refractivity contribution in [2.45, 2.75) is 13.0 Å². The molecule has 0 heterocycles. The first-order chi connectivity index (χ1) is 12.6. The van der Waals surface area contributed by atoms with Crippen molar-refractivity contribution in [2.75, 3.05) is 31.5 Å². The quantitative estimate of drug-likeness (QED) is 0.644. The second-order valence-electron chi connectivity index (χ2n) is 5.72. The molecule has 0 radical (unpaired) electrons. The van der Waals surface area contributed by atoms with Crippen molar-refractivity contribution in [3.8, 4) is 5.75 Å². The van der Waals surface area contributed by atoms with Crippen LogP contribution in [0.5, 0.6) is 5.75 Å². The van der Waals surface area contributed by atoms with Gasteiger partial charge in [0.15, 0.2) is 0 Å². The molecule has 0 aliphatic heterocycles. The molecule has 8 heteroatoms. The third-order valence-electron chi connectivity index (χ3n) is 3.75. The van der Waals surface area contributed by atoms with Crippen molar-refractivity contribution in [3.63, 3.8) is 0 Å². The lowest BCUT2D eigenvalue weighted by atomic mass is 10.1. The lowest BCUT2D eigenvalue weighted by Crippen LogP contribution is -2.38. The van der Waals surface area contributed by atoms with Crippen molar-refractivity contribution in [1.82, 2.24) is 4.90 Å². The van der Waals surface area contributed by atoms with Crippen LogP contribution in [-0.2, 0) is 11.2 Å². The highest BCUT2D eigenvalue weighted by Crippen LogP contribution is 2.25. The fourth-order valence-corrected chi connectivity index (χ4v) is 2.55. The zero-order chi connectivity index (χ0) is 18.8. The van der Waals surface area contributed by atoms with E-state index in [0.29, 0.717) is 19.6 Å². The Morgan fingerprint density at radius 3 is 2.41 bits per heavy atom. The molecular formula is C19H24ClF2N3O2. The summed E-state index contributed by atoms with van der Waals surface area (Å²) in [6.07, 6.45) is 0.791. The molecule has 27 heavy (non-hydrogen) atoms. The van der Waals surface area contributed by atoms with E-state index in [4.69, 9.17) is 5.73 Å². The van der Waals surface area contributed by atoms with Gasteiger partial charge in [-0.3, -0.25) is 9.69 Å². The van der Waals surface area contributed by atoms with Gasteiger partial charge in [-0.1, -0.05) is 42.5 Å². The van der Waals surface area contributed by atoms with Crippen molar-refractivity contribution < 1.29 is 18.3 Å². The first-order valence-corrected chi connectivity index (χ1v) is 8.38. The highest BCUT2D eigenvalue weighted by molar-refractivity contribution is 5.93. The van der Waals surface area contributed by atoms with E-state index in [1.54, 1.807) is 12.1 Å². The molecule has 1 amide bonds. The fourth-order valence-electron chi connectivity index (χ4n) is 2.55. The number of nitrogens with two attached hydrogens (primary N) is 1. The number of rotatable bonds is 10. The lowest BCUT2D eigenvalue weighted by Gasteiger charge is -2.21. The zero-order valence-electron chi connectivity index (χ0n) is 14.8. The second kappa shape index (κ2) is 12.2. The maximum absolute atomic E-state index is 12.5. The molecule has 0 atom stereocenters. The number of nitrogens with zero attached hydrogens (tertiary/aromatic N) is 1. The van der Waals surface area contributed by atoms with E-state index >= 15 is 0 Å². The predicted molar refractivity (Wildman–Crippen MR) is 105 cm³/mol. The average Bonchev–Trinajstić information content (AvgIpc) is 2.62. The van der Waals surface area contributed by atoms with Crippen molar-refractivity contribution in [1.29, 1.82) is 0 Å². The van der Waals surface area contributed by atoms with E-state index in [-0.39, 0.29) is 36.3 Å². The van der Waals surface area contributed by atoms with Gasteiger partial charge in [0.25, 0.3) is 0 Å². The Morgan fingerprint density at radius 2 is 1.74 bits per heavy atom. The smallest absolute Gasteiger partial charge is 0.387 e. The highest BCUT2D eigenvalue weighted by Gasteiger charge is 2.14. The van der Waals surface area contributed by atoms with Gasteiger partial charge < -0.3 is 15.8 Å². The van der Waals surface area contributed by atoms with Gasteiger partial charge in [0.1, 0.15) is 5.75 Å². The Bertz CT molecular complexity index is 690. The standard InChI is InChI=1S/C19H23F2N3O2.ClH/c20-19(21)26-17-9-5-4-8-16(17)23-18(25)14-24(13-11-22)12-10-15-6-2-1-3-7-15;/h1-9,19H,10-14,22H2,(H,23,25);1H. The van der Waals surface area contributed by atoms with E-state index in [2.05, 4.69) is 10.1 Å². The molecular weight excluding hydrogens is 376 g/mol. The lowest BCUT2D eigenvalue weighted by molar-refractivity contribution is -0.117. The van der Waals surface area contributed by atoms with Gasteiger partial charge >= 0.3 is 6.61 Å².